The molecule has 1 aromatic carbocycles. The molecule has 1 aliphatic rings. The van der Waals surface area contributed by atoms with Crippen LogP contribution in [0.1, 0.15) is 45.2 Å². The zero-order chi connectivity index (χ0) is 18.7. The van der Waals surface area contributed by atoms with E-state index in [9.17, 15) is 18.3 Å². The Balaban J connectivity index is 2.29. The second-order valence-electron chi connectivity index (χ2n) is 7.39. The monoisotopic (exact) mass is 360 g/mol. The van der Waals surface area contributed by atoms with Crippen molar-refractivity contribution in [3.05, 3.63) is 23.8 Å². The van der Waals surface area contributed by atoms with Crippen LogP contribution in [-0.4, -0.2) is 48.0 Å². The number of ether oxygens (including phenoxy) is 1. The van der Waals surface area contributed by atoms with E-state index in [4.69, 9.17) is 4.74 Å². The number of nitrogens with one attached hydrogen (secondary N) is 1. The van der Waals surface area contributed by atoms with E-state index in [0.29, 0.717) is 24.4 Å². The standard InChI is InChI=1S/C18H27F3N2O2/c1-17(2,3)25-13-4-5-16(24)14(12-13)15(6-7-18(19,20)21)23-10-8-22-9-11-23/h4-5,12,15,22,24H,6-11H2,1-3H3/t15-/m1/s1. The number of alkyl halides is 3. The number of phenols is 1. The summed E-state index contributed by atoms with van der Waals surface area (Å²) in [5, 5.41) is 13.5. The number of rotatable bonds is 5. The van der Waals surface area contributed by atoms with Crippen LogP contribution in [0.15, 0.2) is 18.2 Å². The molecule has 0 saturated carbocycles. The van der Waals surface area contributed by atoms with Crippen LogP contribution in [0.2, 0.25) is 0 Å². The summed E-state index contributed by atoms with van der Waals surface area (Å²) in [5.41, 5.74) is 0.0676. The molecule has 1 atom stereocenters. The Labute approximate surface area is 147 Å². The van der Waals surface area contributed by atoms with Gasteiger partial charge in [-0.2, -0.15) is 13.2 Å². The molecule has 0 unspecified atom stereocenters. The number of piperazine rings is 1. The lowest BCUT2D eigenvalue weighted by atomic mass is 9.98. The topological polar surface area (TPSA) is 44.7 Å². The van der Waals surface area contributed by atoms with Gasteiger partial charge in [-0.05, 0) is 45.4 Å². The molecular formula is C18H27F3N2O2. The van der Waals surface area contributed by atoms with E-state index < -0.39 is 24.2 Å². The molecule has 25 heavy (non-hydrogen) atoms. The van der Waals surface area contributed by atoms with Crippen LogP contribution in [0.4, 0.5) is 13.2 Å². The lowest BCUT2D eigenvalue weighted by molar-refractivity contribution is -0.138. The van der Waals surface area contributed by atoms with Gasteiger partial charge in [0.1, 0.15) is 17.1 Å². The maximum atomic E-state index is 12.8. The van der Waals surface area contributed by atoms with Crippen molar-refractivity contribution in [1.82, 2.24) is 10.2 Å². The van der Waals surface area contributed by atoms with E-state index in [1.807, 2.05) is 25.7 Å². The van der Waals surface area contributed by atoms with E-state index in [1.54, 1.807) is 12.1 Å². The van der Waals surface area contributed by atoms with E-state index in [1.165, 1.54) is 6.07 Å². The third-order valence-electron chi connectivity index (χ3n) is 4.08. The summed E-state index contributed by atoms with van der Waals surface area (Å²) in [6, 6.07) is 4.32. The molecule has 7 heteroatoms. The lowest BCUT2D eigenvalue weighted by Gasteiger charge is -2.36. The summed E-state index contributed by atoms with van der Waals surface area (Å²) in [4.78, 5) is 2.00. The lowest BCUT2D eigenvalue weighted by Crippen LogP contribution is -2.45. The Morgan fingerprint density at radius 1 is 1.20 bits per heavy atom. The van der Waals surface area contributed by atoms with Gasteiger partial charge in [0.2, 0.25) is 0 Å². The first-order valence-corrected chi connectivity index (χ1v) is 8.59. The Kier molecular flexibility index (Phi) is 6.21. The molecule has 4 nitrogen and oxygen atoms in total. The van der Waals surface area contributed by atoms with Gasteiger partial charge in [0.15, 0.2) is 0 Å². The minimum atomic E-state index is -4.22. The molecule has 1 aromatic rings. The highest BCUT2D eigenvalue weighted by Crippen LogP contribution is 2.38. The van der Waals surface area contributed by atoms with E-state index in [2.05, 4.69) is 5.32 Å². The highest BCUT2D eigenvalue weighted by Gasteiger charge is 2.32. The van der Waals surface area contributed by atoms with Crippen molar-refractivity contribution in [3.8, 4) is 11.5 Å². The molecule has 2 N–H and O–H groups in total. The molecule has 142 valence electrons. The molecule has 1 saturated heterocycles. The first-order chi connectivity index (χ1) is 11.6. The van der Waals surface area contributed by atoms with Crippen molar-refractivity contribution >= 4 is 0 Å². The fourth-order valence-electron chi connectivity index (χ4n) is 3.05. The Morgan fingerprint density at radius 3 is 2.40 bits per heavy atom. The second kappa shape index (κ2) is 7.83. The maximum absolute atomic E-state index is 12.8. The van der Waals surface area contributed by atoms with Gasteiger partial charge in [0.05, 0.1) is 0 Å². The van der Waals surface area contributed by atoms with Gasteiger partial charge >= 0.3 is 6.18 Å². The number of hydrogen-bond acceptors (Lipinski definition) is 4. The molecule has 0 radical (unpaired) electrons. The minimum absolute atomic E-state index is 0.00645. The zero-order valence-electron chi connectivity index (χ0n) is 15.0. The van der Waals surface area contributed by atoms with Crippen LogP contribution in [0.25, 0.3) is 0 Å². The van der Waals surface area contributed by atoms with E-state index >= 15 is 0 Å². The van der Waals surface area contributed by atoms with Gasteiger partial charge < -0.3 is 15.2 Å². The third kappa shape index (κ3) is 6.40. The number of benzene rings is 1. The Morgan fingerprint density at radius 2 is 1.84 bits per heavy atom. The summed E-state index contributed by atoms with van der Waals surface area (Å²) >= 11 is 0. The average Bonchev–Trinajstić information content (AvgIpc) is 2.49. The average molecular weight is 360 g/mol. The first kappa shape index (κ1) is 19.8. The smallest absolute Gasteiger partial charge is 0.389 e. The molecule has 0 bridgehead atoms. The minimum Gasteiger partial charge on any atom is -0.508 e. The summed E-state index contributed by atoms with van der Waals surface area (Å²) in [5.74, 6) is 0.555. The largest absolute Gasteiger partial charge is 0.508 e. The molecule has 0 aromatic heterocycles. The van der Waals surface area contributed by atoms with E-state index in [-0.39, 0.29) is 12.2 Å². The molecule has 1 fully saturated rings. The predicted octanol–water partition coefficient (Wildman–Crippen LogP) is 3.86. The predicted molar refractivity (Wildman–Crippen MR) is 91.0 cm³/mol. The van der Waals surface area contributed by atoms with Crippen LogP contribution < -0.4 is 10.1 Å². The zero-order valence-corrected chi connectivity index (χ0v) is 15.0. The quantitative estimate of drug-likeness (QED) is 0.837. The fourth-order valence-corrected chi connectivity index (χ4v) is 3.05. The fraction of sp³-hybridized carbons (Fsp3) is 0.667. The number of nitrogens with zero attached hydrogens (tertiary/aromatic N) is 1. The number of phenolic OH excluding ortho intramolecular Hbond substituents is 1. The Bertz CT molecular complexity index is 564. The highest BCUT2D eigenvalue weighted by atomic mass is 19.4. The van der Waals surface area contributed by atoms with Gasteiger partial charge in [-0.25, -0.2) is 0 Å². The van der Waals surface area contributed by atoms with Gasteiger partial charge in [-0.15, -0.1) is 0 Å². The van der Waals surface area contributed by atoms with Crippen LogP contribution in [0.3, 0.4) is 0 Å². The van der Waals surface area contributed by atoms with Crippen molar-refractivity contribution in [3.63, 3.8) is 0 Å². The molecule has 1 aliphatic heterocycles. The normalized spacial score (nSPS) is 18.2. The molecule has 1 heterocycles. The number of aromatic hydroxyl groups is 1. The second-order valence-corrected chi connectivity index (χ2v) is 7.39. The number of hydrogen-bond donors (Lipinski definition) is 2. The van der Waals surface area contributed by atoms with Gasteiger partial charge in [0.25, 0.3) is 0 Å². The number of halogens is 3. The summed E-state index contributed by atoms with van der Waals surface area (Å²) in [6.07, 6.45) is -5.19. The Hall–Kier alpha value is -1.47. The third-order valence-corrected chi connectivity index (χ3v) is 4.08. The summed E-state index contributed by atoms with van der Waals surface area (Å²) in [6.45, 7) is 8.44. The van der Waals surface area contributed by atoms with Crippen molar-refractivity contribution < 1.29 is 23.0 Å². The van der Waals surface area contributed by atoms with Crippen molar-refractivity contribution in [2.45, 2.75) is 51.4 Å². The van der Waals surface area contributed by atoms with Crippen LogP contribution >= 0.6 is 0 Å². The van der Waals surface area contributed by atoms with Crippen molar-refractivity contribution in [2.75, 3.05) is 26.2 Å². The SMILES string of the molecule is CC(C)(C)Oc1ccc(O)c([C@@H](CCC(F)(F)F)N2CCNCC2)c1. The van der Waals surface area contributed by atoms with E-state index in [0.717, 1.165) is 13.1 Å². The van der Waals surface area contributed by atoms with Crippen LogP contribution in [0.5, 0.6) is 11.5 Å². The van der Waals surface area contributed by atoms with Gasteiger partial charge in [-0.1, -0.05) is 0 Å². The highest BCUT2D eigenvalue weighted by molar-refractivity contribution is 5.41. The maximum Gasteiger partial charge on any atom is 0.389 e. The van der Waals surface area contributed by atoms with Crippen LogP contribution in [0, 0.1) is 0 Å². The van der Waals surface area contributed by atoms with Gasteiger partial charge in [-0.3, -0.25) is 4.90 Å². The van der Waals surface area contributed by atoms with Gasteiger partial charge in [0, 0.05) is 44.2 Å². The molecule has 0 spiro atoms. The van der Waals surface area contributed by atoms with Crippen molar-refractivity contribution in [1.29, 1.82) is 0 Å². The molecule has 2 rings (SSSR count). The van der Waals surface area contributed by atoms with Crippen molar-refractivity contribution in [2.24, 2.45) is 0 Å². The molecule has 0 amide bonds. The first-order valence-electron chi connectivity index (χ1n) is 8.59. The molecule has 0 aliphatic carbocycles. The summed E-state index contributed by atoms with van der Waals surface area (Å²) < 4.78 is 44.2. The molecular weight excluding hydrogens is 333 g/mol. The van der Waals surface area contributed by atoms with Crippen LogP contribution in [-0.2, 0) is 0 Å². The summed E-state index contributed by atoms with van der Waals surface area (Å²) in [7, 11) is 0.